The van der Waals surface area contributed by atoms with Gasteiger partial charge in [0.05, 0.1) is 34.4 Å². The number of quaternary nitrogens is 1. The zero-order valence-corrected chi connectivity index (χ0v) is 59.1. The number of carboxylic acid groups (broad SMARTS) is 1. The fraction of sp³-hybridized carbons (Fsp3) is 0.536. The highest BCUT2D eigenvalue weighted by molar-refractivity contribution is 5.71. The molecular weight excluding hydrogens is 1150 g/mol. The molecular formula is C84H130NO8+. The lowest BCUT2D eigenvalue weighted by atomic mass is 10.1. The normalized spacial score (nSPS) is 14.0. The van der Waals surface area contributed by atoms with Gasteiger partial charge in [-0.05, 0) is 154 Å². The maximum Gasteiger partial charge on any atom is 0.361 e. The maximum absolute atomic E-state index is 13.0. The van der Waals surface area contributed by atoms with Gasteiger partial charge >= 0.3 is 17.9 Å². The Morgan fingerprint density at radius 1 is 0.323 bits per heavy atom. The summed E-state index contributed by atoms with van der Waals surface area (Å²) >= 11 is 0. The second-order valence-corrected chi connectivity index (χ2v) is 24.1. The summed E-state index contributed by atoms with van der Waals surface area (Å²) in [4.78, 5) is 37.6. The minimum atomic E-state index is -1.54. The predicted molar refractivity (Wildman–Crippen MR) is 400 cm³/mol. The number of ether oxygens (including phenoxy) is 4. The number of unbranched alkanes of at least 4 members (excludes halogenated alkanes) is 12. The molecule has 0 rings (SSSR count). The van der Waals surface area contributed by atoms with Crippen molar-refractivity contribution in [3.63, 3.8) is 0 Å². The fourth-order valence-electron chi connectivity index (χ4n) is 8.82. The van der Waals surface area contributed by atoms with Crippen molar-refractivity contribution in [2.75, 3.05) is 47.5 Å². The predicted octanol–water partition coefficient (Wildman–Crippen LogP) is 22.9. The zero-order chi connectivity index (χ0) is 67.5. The van der Waals surface area contributed by atoms with Crippen LogP contribution in [0.4, 0.5) is 0 Å². The van der Waals surface area contributed by atoms with Crippen LogP contribution in [0.2, 0.25) is 0 Å². The molecule has 9 heteroatoms. The summed E-state index contributed by atoms with van der Waals surface area (Å²) in [6.07, 6.45) is 110. The van der Waals surface area contributed by atoms with Crippen LogP contribution in [0.1, 0.15) is 232 Å². The number of likely N-dealkylation sites (N-methyl/N-ethyl adjacent to an activating group) is 1. The summed E-state index contributed by atoms with van der Waals surface area (Å²) in [5.41, 5.74) is 0. The van der Waals surface area contributed by atoms with Crippen LogP contribution in [-0.4, -0.2) is 87.4 Å². The molecule has 0 saturated heterocycles. The van der Waals surface area contributed by atoms with Crippen LogP contribution in [0.5, 0.6) is 0 Å². The number of hydrogen-bond acceptors (Lipinski definition) is 7. The van der Waals surface area contributed by atoms with E-state index >= 15 is 0 Å². The van der Waals surface area contributed by atoms with Crippen molar-refractivity contribution < 1.29 is 42.9 Å². The number of rotatable bonds is 63. The Kier molecular flexibility index (Phi) is 66.5. The molecule has 93 heavy (non-hydrogen) atoms. The third kappa shape index (κ3) is 72.9. The van der Waals surface area contributed by atoms with E-state index in [1.807, 2.05) is 21.1 Å². The molecule has 0 heterocycles. The largest absolute Gasteiger partial charge is 0.477 e. The fourth-order valence-corrected chi connectivity index (χ4v) is 8.82. The highest BCUT2D eigenvalue weighted by Gasteiger charge is 2.25. The molecule has 0 aliphatic heterocycles. The van der Waals surface area contributed by atoms with E-state index in [-0.39, 0.29) is 38.6 Å². The number of nitrogens with zero attached hydrogens (tertiary/aromatic N) is 1. The molecule has 0 aliphatic carbocycles. The first-order valence-corrected chi connectivity index (χ1v) is 35.9. The third-order valence-corrected chi connectivity index (χ3v) is 14.2. The average molecular weight is 1280 g/mol. The van der Waals surface area contributed by atoms with E-state index in [1.54, 1.807) is 0 Å². The molecule has 9 nitrogen and oxygen atoms in total. The lowest BCUT2D eigenvalue weighted by Gasteiger charge is -2.25. The van der Waals surface area contributed by atoms with Gasteiger partial charge in [0, 0.05) is 12.8 Å². The van der Waals surface area contributed by atoms with E-state index in [9.17, 15) is 19.5 Å². The summed E-state index contributed by atoms with van der Waals surface area (Å²) in [5.74, 6) is -2.07. The molecule has 1 N–H and O–H groups in total. The minimum Gasteiger partial charge on any atom is -0.477 e. The van der Waals surface area contributed by atoms with Gasteiger partial charge in [0.2, 0.25) is 0 Å². The number of carboxylic acids is 1. The van der Waals surface area contributed by atoms with Crippen molar-refractivity contribution in [2.24, 2.45) is 0 Å². The lowest BCUT2D eigenvalue weighted by Crippen LogP contribution is -2.40. The van der Waals surface area contributed by atoms with Gasteiger partial charge < -0.3 is 28.5 Å². The zero-order valence-electron chi connectivity index (χ0n) is 59.1. The van der Waals surface area contributed by atoms with Crippen LogP contribution >= 0.6 is 0 Å². The van der Waals surface area contributed by atoms with Crippen LogP contribution in [-0.2, 0) is 33.3 Å². The number of hydrogen-bond donors (Lipinski definition) is 1. The lowest BCUT2D eigenvalue weighted by molar-refractivity contribution is -0.870. The standard InChI is InChI=1S/C84H129NO8/c1-6-8-10-12-14-16-18-20-22-24-26-28-30-32-34-36-37-38-39-40-41-42-43-44-45-47-49-51-53-55-57-59-61-63-65-67-69-71-73-75-82(87)93-80(79-92-84(83(88)89)90-77-76-85(3,4)5)78-91-81(86)74-72-70-68-66-64-62-60-58-56-54-52-50-48-46-35-33-31-29-27-25-23-21-19-17-15-13-11-9-7-2/h8-11,14-17,20-23,26-29,32-35,37-38,40-41,43-44,47-50,53-56,59,61,80,84H,6-7,12-13,18-19,24-25,30-31,36,39,42,45-46,51-52,57-58,60,62-79H2,1-5H3/p+1/b10-8-,11-9-,16-14-,17-15-,22-20-,23-21-,28-26-,29-27-,34-32-,35-33-,38-37-,41-40-,44-43-,49-47-,50-48-,55-53-,56-54-,61-59-. The number of allylic oxidation sites excluding steroid dienone is 36. The van der Waals surface area contributed by atoms with Crippen LogP contribution < -0.4 is 0 Å². The minimum absolute atomic E-state index is 0.169. The second kappa shape index (κ2) is 71.5. The summed E-state index contributed by atoms with van der Waals surface area (Å²) in [7, 11) is 5.95. The molecule has 0 radical (unpaired) electrons. The Morgan fingerprint density at radius 3 is 0.860 bits per heavy atom. The van der Waals surface area contributed by atoms with E-state index in [1.165, 1.54) is 19.3 Å². The number of esters is 2. The van der Waals surface area contributed by atoms with Gasteiger partial charge in [-0.1, -0.05) is 284 Å². The SMILES string of the molecule is CC/C=C\C/C=C\C/C=C\C/C=C\C/C=C\C/C=C\C/C=C\C/C=C\C/C=C\C/C=C\C/C=C\CCCCCCCC(=O)OC(COC(=O)CCCCCCCCC/C=C\C/C=C\C/C=C\C/C=C\C/C=C\C/C=C\C/C=C\CC)COC(OCC[N+](C)(C)C)C(=O)O. The topological polar surface area (TPSA) is 108 Å². The first-order valence-electron chi connectivity index (χ1n) is 35.9. The Balaban J connectivity index is 4.28. The van der Waals surface area contributed by atoms with Crippen molar-refractivity contribution in [1.82, 2.24) is 0 Å². The van der Waals surface area contributed by atoms with E-state index in [2.05, 4.69) is 233 Å². The van der Waals surface area contributed by atoms with Crippen LogP contribution in [0.25, 0.3) is 0 Å². The maximum atomic E-state index is 13.0. The van der Waals surface area contributed by atoms with E-state index in [4.69, 9.17) is 18.9 Å². The van der Waals surface area contributed by atoms with E-state index < -0.39 is 24.3 Å². The monoisotopic (exact) mass is 1280 g/mol. The molecule has 2 atom stereocenters. The van der Waals surface area contributed by atoms with Gasteiger partial charge in [-0.25, -0.2) is 4.79 Å². The molecule has 0 aliphatic rings. The molecule has 0 aromatic carbocycles. The molecule has 0 fully saturated rings. The number of carbonyl (C=O) groups is 3. The van der Waals surface area contributed by atoms with Gasteiger partial charge in [-0.15, -0.1) is 0 Å². The van der Waals surface area contributed by atoms with Gasteiger partial charge in [0.25, 0.3) is 6.29 Å². The van der Waals surface area contributed by atoms with Gasteiger partial charge in [-0.3, -0.25) is 9.59 Å². The van der Waals surface area contributed by atoms with Crippen molar-refractivity contribution >= 4 is 17.9 Å². The molecule has 0 spiro atoms. The summed E-state index contributed by atoms with van der Waals surface area (Å²) in [6, 6.07) is 0. The summed E-state index contributed by atoms with van der Waals surface area (Å²) in [5, 5.41) is 9.75. The Morgan fingerprint density at radius 2 is 0.581 bits per heavy atom. The van der Waals surface area contributed by atoms with Gasteiger partial charge in [0.15, 0.2) is 6.10 Å². The molecule has 0 aromatic heterocycles. The van der Waals surface area contributed by atoms with Crippen molar-refractivity contribution in [2.45, 2.75) is 245 Å². The first kappa shape index (κ1) is 86.6. The van der Waals surface area contributed by atoms with Crippen LogP contribution in [0.15, 0.2) is 219 Å². The molecule has 518 valence electrons. The van der Waals surface area contributed by atoms with E-state index in [0.29, 0.717) is 17.4 Å². The molecule has 0 saturated carbocycles. The third-order valence-electron chi connectivity index (χ3n) is 14.2. The summed E-state index contributed by atoms with van der Waals surface area (Å²) in [6.45, 7) is 4.58. The number of carbonyl (C=O) groups excluding carboxylic acids is 2. The highest BCUT2D eigenvalue weighted by Crippen LogP contribution is 2.14. The van der Waals surface area contributed by atoms with Crippen LogP contribution in [0.3, 0.4) is 0 Å². The van der Waals surface area contributed by atoms with Gasteiger partial charge in [0.1, 0.15) is 13.2 Å². The van der Waals surface area contributed by atoms with E-state index in [0.717, 1.165) is 180 Å². The Labute approximate surface area is 568 Å². The summed E-state index contributed by atoms with van der Waals surface area (Å²) < 4.78 is 22.9. The Bertz CT molecular complexity index is 2330. The molecule has 2 unspecified atom stereocenters. The second-order valence-electron chi connectivity index (χ2n) is 24.1. The first-order chi connectivity index (χ1) is 45.6. The highest BCUT2D eigenvalue weighted by atomic mass is 16.7. The van der Waals surface area contributed by atoms with Crippen molar-refractivity contribution in [3.05, 3.63) is 219 Å². The van der Waals surface area contributed by atoms with Crippen LogP contribution in [0, 0.1) is 0 Å². The molecule has 0 amide bonds. The smallest absolute Gasteiger partial charge is 0.361 e. The Hall–Kier alpha value is -6.39. The van der Waals surface area contributed by atoms with Crippen molar-refractivity contribution in [3.8, 4) is 0 Å². The van der Waals surface area contributed by atoms with Crippen molar-refractivity contribution in [1.29, 1.82) is 0 Å². The molecule has 0 bridgehead atoms. The number of aliphatic carboxylic acids is 1. The van der Waals surface area contributed by atoms with Gasteiger partial charge in [-0.2, -0.15) is 0 Å². The molecule has 0 aromatic rings. The average Bonchev–Trinajstić information content (AvgIpc) is 3.38. The quantitative estimate of drug-likeness (QED) is 0.0211.